The molecule has 4 aromatic rings. The van der Waals surface area contributed by atoms with Gasteiger partial charge >= 0.3 is 6.03 Å². The maximum absolute atomic E-state index is 13.4. The first-order valence-electron chi connectivity index (χ1n) is 12.0. The number of anilines is 3. The van der Waals surface area contributed by atoms with Crippen LogP contribution >= 0.6 is 11.3 Å². The average molecular weight is 526 g/mol. The van der Waals surface area contributed by atoms with Crippen molar-refractivity contribution in [2.45, 2.75) is 13.0 Å². The molecule has 0 bridgehead atoms. The van der Waals surface area contributed by atoms with Gasteiger partial charge in [-0.2, -0.15) is 0 Å². The summed E-state index contributed by atoms with van der Waals surface area (Å²) in [5.74, 6) is 0.914. The molecule has 2 aromatic carbocycles. The predicted octanol–water partition coefficient (Wildman–Crippen LogP) is 5.21. The van der Waals surface area contributed by atoms with Crippen molar-refractivity contribution in [2.24, 2.45) is 0 Å². The topological polar surface area (TPSA) is 104 Å². The van der Waals surface area contributed by atoms with Crippen LogP contribution in [0, 0.1) is 6.92 Å². The third-order valence-electron chi connectivity index (χ3n) is 6.54. The van der Waals surface area contributed by atoms with E-state index in [1.807, 2.05) is 55.5 Å². The Morgan fingerprint density at radius 1 is 1.13 bits per heavy atom. The second kappa shape index (κ2) is 9.31. The number of likely N-dealkylation sites (tertiary alicyclic amines) is 1. The van der Waals surface area contributed by atoms with Crippen LogP contribution in [0.3, 0.4) is 0 Å². The lowest BCUT2D eigenvalue weighted by Crippen LogP contribution is -2.60. The lowest BCUT2D eigenvalue weighted by molar-refractivity contribution is -0.130. The molecular formula is C28H23N5O4S. The Morgan fingerprint density at radius 3 is 2.66 bits per heavy atom. The molecule has 0 saturated carbocycles. The Labute approximate surface area is 222 Å². The third kappa shape index (κ3) is 4.04. The molecule has 190 valence electrons. The zero-order chi connectivity index (χ0) is 26.4. The predicted molar refractivity (Wildman–Crippen MR) is 147 cm³/mol. The number of carbonyl (C=O) groups is 3. The molecule has 1 saturated heterocycles. The summed E-state index contributed by atoms with van der Waals surface area (Å²) in [5, 5.41) is 6.58. The molecule has 10 heteroatoms. The second-order valence-corrected chi connectivity index (χ2v) is 10.1. The number of para-hydroxylation sites is 1. The standard InChI is InChI=1S/C28H23N5O4S/c1-3-22(34)32-14-17(15-32)30-26(35)25-24-23-21(11-12-29-27(23)38-25)33(28(36)31-24)20-10-9-19(13-16(20)2)37-18-7-5-4-6-8-18/h3-13,17H,1,14-15H2,2H3,(H,30,35)(H,31,36). The van der Waals surface area contributed by atoms with E-state index in [1.54, 1.807) is 22.1 Å². The monoisotopic (exact) mass is 525 g/mol. The molecule has 2 N–H and O–H groups in total. The van der Waals surface area contributed by atoms with Crippen LogP contribution in [-0.4, -0.2) is 46.9 Å². The Morgan fingerprint density at radius 2 is 1.92 bits per heavy atom. The van der Waals surface area contributed by atoms with E-state index in [1.165, 1.54) is 17.4 Å². The lowest BCUT2D eigenvalue weighted by Gasteiger charge is -2.38. The van der Waals surface area contributed by atoms with Crippen LogP contribution in [0.5, 0.6) is 11.5 Å². The number of thiophene rings is 1. The van der Waals surface area contributed by atoms with E-state index < -0.39 is 0 Å². The fourth-order valence-electron chi connectivity index (χ4n) is 4.68. The van der Waals surface area contributed by atoms with Crippen LogP contribution in [-0.2, 0) is 4.79 Å². The zero-order valence-electron chi connectivity index (χ0n) is 20.4. The van der Waals surface area contributed by atoms with Gasteiger partial charge in [0, 0.05) is 19.3 Å². The third-order valence-corrected chi connectivity index (χ3v) is 7.64. The Kier molecular flexibility index (Phi) is 5.80. The van der Waals surface area contributed by atoms with Gasteiger partial charge < -0.3 is 20.3 Å². The molecule has 1 fully saturated rings. The minimum Gasteiger partial charge on any atom is -0.457 e. The molecule has 0 atom stereocenters. The molecule has 4 heterocycles. The summed E-state index contributed by atoms with van der Waals surface area (Å²) in [6, 6.07) is 16.3. The van der Waals surface area contributed by atoms with Crippen molar-refractivity contribution in [2.75, 3.05) is 23.3 Å². The van der Waals surface area contributed by atoms with E-state index in [0.29, 0.717) is 51.0 Å². The molecule has 4 amide bonds. The number of carbonyl (C=O) groups excluding carboxylic acids is 3. The summed E-state index contributed by atoms with van der Waals surface area (Å²) < 4.78 is 5.95. The van der Waals surface area contributed by atoms with Crippen molar-refractivity contribution in [1.29, 1.82) is 0 Å². The van der Waals surface area contributed by atoms with Gasteiger partial charge in [0.2, 0.25) is 5.91 Å². The Hall–Kier alpha value is -4.70. The molecule has 0 aliphatic carbocycles. The first-order chi connectivity index (χ1) is 18.4. The van der Waals surface area contributed by atoms with Crippen molar-refractivity contribution < 1.29 is 19.1 Å². The quantitative estimate of drug-likeness (QED) is 0.337. The number of nitrogens with one attached hydrogen (secondary N) is 2. The number of nitrogens with zero attached hydrogens (tertiary/aromatic N) is 3. The van der Waals surface area contributed by atoms with E-state index in [4.69, 9.17) is 4.74 Å². The fraction of sp³-hybridized carbons (Fsp3) is 0.143. The van der Waals surface area contributed by atoms with Gasteiger partial charge in [-0.1, -0.05) is 24.8 Å². The van der Waals surface area contributed by atoms with Gasteiger partial charge in [-0.25, -0.2) is 9.78 Å². The van der Waals surface area contributed by atoms with Crippen molar-refractivity contribution >= 4 is 56.5 Å². The van der Waals surface area contributed by atoms with Gasteiger partial charge in [0.1, 0.15) is 21.2 Å². The Balaban J connectivity index is 1.29. The highest BCUT2D eigenvalue weighted by molar-refractivity contribution is 7.21. The molecule has 0 radical (unpaired) electrons. The summed E-state index contributed by atoms with van der Waals surface area (Å²) >= 11 is 1.22. The number of aromatic nitrogens is 1. The summed E-state index contributed by atoms with van der Waals surface area (Å²) in [5.41, 5.74) is 2.64. The van der Waals surface area contributed by atoms with Crippen molar-refractivity contribution in [1.82, 2.24) is 15.2 Å². The van der Waals surface area contributed by atoms with Crippen LogP contribution in [0.25, 0.3) is 10.2 Å². The van der Waals surface area contributed by atoms with Crippen LogP contribution in [0.4, 0.5) is 21.9 Å². The molecule has 9 nitrogen and oxygen atoms in total. The largest absolute Gasteiger partial charge is 0.457 e. The summed E-state index contributed by atoms with van der Waals surface area (Å²) in [6.07, 6.45) is 2.90. The number of ether oxygens (including phenoxy) is 1. The van der Waals surface area contributed by atoms with Crippen molar-refractivity contribution in [3.05, 3.63) is 83.9 Å². The summed E-state index contributed by atoms with van der Waals surface area (Å²) in [4.78, 5) is 46.9. The van der Waals surface area contributed by atoms with Crippen molar-refractivity contribution in [3.8, 4) is 11.5 Å². The lowest BCUT2D eigenvalue weighted by atomic mass is 10.1. The van der Waals surface area contributed by atoms with Gasteiger partial charge in [0.25, 0.3) is 5.91 Å². The van der Waals surface area contributed by atoms with Gasteiger partial charge in [-0.15, -0.1) is 11.3 Å². The highest BCUT2D eigenvalue weighted by Gasteiger charge is 2.35. The van der Waals surface area contributed by atoms with E-state index in [9.17, 15) is 14.4 Å². The van der Waals surface area contributed by atoms with E-state index in [2.05, 4.69) is 22.2 Å². The van der Waals surface area contributed by atoms with Crippen molar-refractivity contribution in [3.63, 3.8) is 0 Å². The summed E-state index contributed by atoms with van der Waals surface area (Å²) in [7, 11) is 0. The minimum atomic E-state index is -0.372. The number of urea groups is 1. The SMILES string of the molecule is C=CC(=O)N1CC(NC(=O)c2sc3nccc4c3c2NC(=O)N4c2ccc(Oc3ccccc3)cc2C)C1. The number of amides is 4. The van der Waals surface area contributed by atoms with Gasteiger partial charge in [-0.3, -0.25) is 14.5 Å². The van der Waals surface area contributed by atoms with Gasteiger partial charge in [-0.05, 0) is 55.0 Å². The molecule has 6 rings (SSSR count). The molecule has 2 aliphatic heterocycles. The van der Waals surface area contributed by atoms with Crippen LogP contribution in [0.15, 0.2) is 73.4 Å². The highest BCUT2D eigenvalue weighted by atomic mass is 32.1. The van der Waals surface area contributed by atoms with Crippen LogP contribution < -0.4 is 20.3 Å². The average Bonchev–Trinajstić information content (AvgIpc) is 3.26. The maximum Gasteiger partial charge on any atom is 0.331 e. The number of rotatable bonds is 6. The van der Waals surface area contributed by atoms with E-state index >= 15 is 0 Å². The first kappa shape index (κ1) is 23.7. The molecule has 0 unspecified atom stereocenters. The number of pyridine rings is 1. The number of hydrogen-bond acceptors (Lipinski definition) is 6. The maximum atomic E-state index is 13.4. The smallest absolute Gasteiger partial charge is 0.331 e. The fourth-order valence-corrected chi connectivity index (χ4v) is 5.70. The number of aryl methyl sites for hydroxylation is 1. The van der Waals surface area contributed by atoms with E-state index in [0.717, 1.165) is 11.3 Å². The Bertz CT molecular complexity index is 1610. The minimum absolute atomic E-state index is 0.161. The molecular weight excluding hydrogens is 502 g/mol. The summed E-state index contributed by atoms with van der Waals surface area (Å²) in [6.45, 7) is 6.24. The van der Waals surface area contributed by atoms with Crippen LogP contribution in [0.1, 0.15) is 15.2 Å². The van der Waals surface area contributed by atoms with Gasteiger partial charge in [0.15, 0.2) is 0 Å². The second-order valence-electron chi connectivity index (χ2n) is 9.06. The van der Waals surface area contributed by atoms with Crippen LogP contribution in [0.2, 0.25) is 0 Å². The molecule has 2 aliphatic rings. The highest BCUT2D eigenvalue weighted by Crippen LogP contribution is 2.46. The van der Waals surface area contributed by atoms with Gasteiger partial charge in [0.05, 0.1) is 28.5 Å². The number of benzene rings is 2. The molecule has 38 heavy (non-hydrogen) atoms. The molecule has 2 aromatic heterocycles. The van der Waals surface area contributed by atoms with E-state index in [-0.39, 0.29) is 23.9 Å². The normalized spacial score (nSPS) is 14.6. The first-order valence-corrected chi connectivity index (χ1v) is 12.8. The number of hydrogen-bond donors (Lipinski definition) is 2. The molecule has 0 spiro atoms. The zero-order valence-corrected chi connectivity index (χ0v) is 21.2.